The first kappa shape index (κ1) is 19.0. The Labute approximate surface area is 184 Å². The maximum absolute atomic E-state index is 9.94. The first-order valence-corrected chi connectivity index (χ1v) is 10.1. The van der Waals surface area contributed by atoms with Crippen LogP contribution in [0.25, 0.3) is 16.9 Å². The molecule has 5 rings (SSSR count). The van der Waals surface area contributed by atoms with E-state index >= 15 is 0 Å². The maximum atomic E-state index is 9.94. The summed E-state index contributed by atoms with van der Waals surface area (Å²) in [4.78, 5) is 0. The Balaban J connectivity index is 1.83. The molecule has 4 aromatic rings. The topological polar surface area (TPSA) is 76.9 Å². The number of allylic oxidation sites excluding steroid dienone is 1. The highest BCUT2D eigenvalue weighted by Crippen LogP contribution is 2.47. The van der Waals surface area contributed by atoms with Crippen molar-refractivity contribution in [2.45, 2.75) is 5.92 Å². The van der Waals surface area contributed by atoms with Crippen molar-refractivity contribution in [3.8, 4) is 28.9 Å². The minimum Gasteiger partial charge on any atom is -0.422 e. The van der Waals surface area contributed by atoms with E-state index in [1.54, 1.807) is 16.8 Å². The quantitative estimate of drug-likeness (QED) is 0.477. The Bertz CT molecular complexity index is 1320. The molecule has 150 valence electrons. The van der Waals surface area contributed by atoms with Crippen molar-refractivity contribution in [2.24, 2.45) is 5.73 Å². The van der Waals surface area contributed by atoms with E-state index in [9.17, 15) is 5.26 Å². The fourth-order valence-corrected chi connectivity index (χ4v) is 4.01. The molecule has 2 N–H and O–H groups in total. The molecule has 0 aliphatic carbocycles. The van der Waals surface area contributed by atoms with Crippen LogP contribution in [0.3, 0.4) is 0 Å². The molecule has 3 aromatic carbocycles. The van der Waals surface area contributed by atoms with Crippen LogP contribution in [0.5, 0.6) is 5.88 Å². The first-order chi connectivity index (χ1) is 15.2. The van der Waals surface area contributed by atoms with Crippen LogP contribution >= 0.6 is 11.6 Å². The summed E-state index contributed by atoms with van der Waals surface area (Å²) < 4.78 is 7.75. The molecule has 6 heteroatoms. The molecule has 0 saturated heterocycles. The second-order valence-corrected chi connectivity index (χ2v) is 7.59. The molecule has 1 atom stereocenters. The van der Waals surface area contributed by atoms with Gasteiger partial charge in [0.25, 0.3) is 0 Å². The third-order valence-electron chi connectivity index (χ3n) is 5.30. The van der Waals surface area contributed by atoms with Crippen molar-refractivity contribution in [3.63, 3.8) is 0 Å². The van der Waals surface area contributed by atoms with Crippen LogP contribution in [-0.4, -0.2) is 9.78 Å². The Morgan fingerprint density at radius 3 is 2.23 bits per heavy atom. The minimum atomic E-state index is -0.432. The number of aromatic nitrogens is 2. The molecule has 0 fully saturated rings. The van der Waals surface area contributed by atoms with Gasteiger partial charge in [-0.05, 0) is 29.8 Å². The van der Waals surface area contributed by atoms with E-state index in [2.05, 4.69) is 6.07 Å². The number of nitrogens with zero attached hydrogens (tertiary/aromatic N) is 3. The lowest BCUT2D eigenvalue weighted by molar-refractivity contribution is 0.367. The number of halogens is 1. The molecule has 1 aliphatic rings. The average Bonchev–Trinajstić information content (AvgIpc) is 3.19. The van der Waals surface area contributed by atoms with Gasteiger partial charge in [-0.25, -0.2) is 0 Å². The molecule has 0 bridgehead atoms. The Morgan fingerprint density at radius 1 is 0.935 bits per heavy atom. The summed E-state index contributed by atoms with van der Waals surface area (Å²) >= 11 is 6.12. The fourth-order valence-electron chi connectivity index (χ4n) is 3.88. The van der Waals surface area contributed by atoms with Gasteiger partial charge in [0, 0.05) is 10.6 Å². The van der Waals surface area contributed by atoms with Crippen molar-refractivity contribution in [1.82, 2.24) is 9.78 Å². The number of nitriles is 1. The average molecular weight is 425 g/mol. The number of rotatable bonds is 3. The van der Waals surface area contributed by atoms with Gasteiger partial charge in [0.1, 0.15) is 17.3 Å². The second kappa shape index (κ2) is 7.67. The van der Waals surface area contributed by atoms with E-state index in [1.165, 1.54) is 0 Å². The van der Waals surface area contributed by atoms with Crippen molar-refractivity contribution >= 4 is 11.6 Å². The predicted molar refractivity (Wildman–Crippen MR) is 120 cm³/mol. The van der Waals surface area contributed by atoms with Gasteiger partial charge in [0.15, 0.2) is 0 Å². The summed E-state index contributed by atoms with van der Waals surface area (Å²) in [5, 5.41) is 15.5. The highest BCUT2D eigenvalue weighted by Gasteiger charge is 2.37. The SMILES string of the molecule is N#CC1=C(N)Oc2c(c(-c3ccccc3)nn2-c2ccccc2)[C@H]1c1ccc(Cl)cc1. The zero-order valence-electron chi connectivity index (χ0n) is 16.4. The first-order valence-electron chi connectivity index (χ1n) is 9.74. The zero-order chi connectivity index (χ0) is 21.4. The van der Waals surface area contributed by atoms with Crippen LogP contribution in [0, 0.1) is 11.3 Å². The maximum Gasteiger partial charge on any atom is 0.229 e. The van der Waals surface area contributed by atoms with E-state index < -0.39 is 5.92 Å². The van der Waals surface area contributed by atoms with Gasteiger partial charge in [0.05, 0.1) is 17.2 Å². The number of benzene rings is 3. The minimum absolute atomic E-state index is 0.0756. The number of ether oxygens (including phenoxy) is 1. The van der Waals surface area contributed by atoms with Gasteiger partial charge in [-0.1, -0.05) is 72.3 Å². The molecular formula is C25H17ClN4O. The fraction of sp³-hybridized carbons (Fsp3) is 0.0400. The third kappa shape index (κ3) is 3.24. The van der Waals surface area contributed by atoms with Gasteiger partial charge < -0.3 is 10.5 Å². The van der Waals surface area contributed by atoms with Crippen molar-refractivity contribution in [2.75, 3.05) is 0 Å². The lowest BCUT2D eigenvalue weighted by Gasteiger charge is -2.25. The summed E-state index contributed by atoms with van der Waals surface area (Å²) in [6.45, 7) is 0. The van der Waals surface area contributed by atoms with Gasteiger partial charge in [0.2, 0.25) is 11.8 Å². The van der Waals surface area contributed by atoms with E-state index in [0.717, 1.165) is 28.1 Å². The van der Waals surface area contributed by atoms with Gasteiger partial charge in [-0.3, -0.25) is 0 Å². The van der Waals surface area contributed by atoms with Crippen LogP contribution in [0.4, 0.5) is 0 Å². The summed E-state index contributed by atoms with van der Waals surface area (Å²) in [7, 11) is 0. The van der Waals surface area contributed by atoms with Crippen LogP contribution in [0.1, 0.15) is 17.0 Å². The summed E-state index contributed by atoms with van der Waals surface area (Å²) in [6, 6.07) is 29.2. The van der Waals surface area contributed by atoms with Crippen LogP contribution in [0.15, 0.2) is 96.4 Å². The van der Waals surface area contributed by atoms with E-state index in [4.69, 9.17) is 27.2 Å². The number of para-hydroxylation sites is 1. The largest absolute Gasteiger partial charge is 0.422 e. The standard InChI is InChI=1S/C25H17ClN4O/c26-18-13-11-16(12-14-18)21-20(15-27)24(28)31-25-22(21)23(17-7-3-1-4-8-17)29-30(25)19-9-5-2-6-10-19/h1-14,21H,28H2/t21-/m0/s1. The van der Waals surface area contributed by atoms with Gasteiger partial charge >= 0.3 is 0 Å². The number of hydrogen-bond acceptors (Lipinski definition) is 4. The highest BCUT2D eigenvalue weighted by atomic mass is 35.5. The second-order valence-electron chi connectivity index (χ2n) is 7.16. The Kier molecular flexibility index (Phi) is 4.70. The molecule has 0 unspecified atom stereocenters. The van der Waals surface area contributed by atoms with Crippen molar-refractivity contribution in [1.29, 1.82) is 5.26 Å². The van der Waals surface area contributed by atoms with E-state index in [-0.39, 0.29) is 5.88 Å². The molecule has 0 amide bonds. The normalized spacial score (nSPS) is 15.2. The summed E-state index contributed by atoms with van der Waals surface area (Å²) in [5.41, 5.74) is 10.8. The molecule has 5 nitrogen and oxygen atoms in total. The molecule has 1 aliphatic heterocycles. The number of nitrogens with two attached hydrogens (primary N) is 1. The lowest BCUT2D eigenvalue weighted by Crippen LogP contribution is -2.22. The third-order valence-corrected chi connectivity index (χ3v) is 5.55. The molecule has 0 saturated carbocycles. The molecular weight excluding hydrogens is 408 g/mol. The van der Waals surface area contributed by atoms with Gasteiger partial charge in [-0.15, -0.1) is 0 Å². The van der Waals surface area contributed by atoms with E-state index in [0.29, 0.717) is 16.5 Å². The Morgan fingerprint density at radius 2 is 1.58 bits per heavy atom. The molecule has 2 heterocycles. The molecule has 1 aromatic heterocycles. The monoisotopic (exact) mass is 424 g/mol. The Hall–Kier alpha value is -4.01. The van der Waals surface area contributed by atoms with Gasteiger partial charge in [-0.2, -0.15) is 15.0 Å². The molecule has 0 spiro atoms. The van der Waals surface area contributed by atoms with Crippen LogP contribution < -0.4 is 10.5 Å². The van der Waals surface area contributed by atoms with Crippen LogP contribution in [-0.2, 0) is 0 Å². The lowest BCUT2D eigenvalue weighted by atomic mass is 9.83. The van der Waals surface area contributed by atoms with Crippen molar-refractivity contribution < 1.29 is 4.74 Å². The molecule has 31 heavy (non-hydrogen) atoms. The summed E-state index contributed by atoms with van der Waals surface area (Å²) in [5.74, 6) is 0.145. The zero-order valence-corrected chi connectivity index (χ0v) is 17.1. The predicted octanol–water partition coefficient (Wildman–Crippen LogP) is 5.41. The summed E-state index contributed by atoms with van der Waals surface area (Å²) in [6.07, 6.45) is 0. The highest BCUT2D eigenvalue weighted by molar-refractivity contribution is 6.30. The number of fused-ring (bicyclic) bond motifs is 1. The molecule has 0 radical (unpaired) electrons. The van der Waals surface area contributed by atoms with Crippen LogP contribution in [0.2, 0.25) is 5.02 Å². The smallest absolute Gasteiger partial charge is 0.229 e. The van der Waals surface area contributed by atoms with E-state index in [1.807, 2.05) is 72.8 Å². The van der Waals surface area contributed by atoms with Crippen molar-refractivity contribution in [3.05, 3.63) is 113 Å². The number of hydrogen-bond donors (Lipinski definition) is 1.